The van der Waals surface area contributed by atoms with Gasteiger partial charge in [0.05, 0.1) is 10.9 Å². The molecule has 0 bridgehead atoms. The molecule has 0 aliphatic rings. The van der Waals surface area contributed by atoms with Crippen LogP contribution in [0.5, 0.6) is 17.2 Å². The van der Waals surface area contributed by atoms with Gasteiger partial charge in [-0.05, 0) is 36.8 Å². The number of phenolic OH excluding ortho intramolecular Hbond substituents is 2. The van der Waals surface area contributed by atoms with Crippen LogP contribution < -0.4 is 10.1 Å². The molecule has 0 fully saturated rings. The number of hydrogen-bond donors (Lipinski definition) is 4. The summed E-state index contributed by atoms with van der Waals surface area (Å²) in [5.41, 5.74) is 1.74. The average molecular weight is 423 g/mol. The number of nitrogens with zero attached hydrogens (tertiary/aromatic N) is 3. The van der Waals surface area contributed by atoms with Gasteiger partial charge in [-0.25, -0.2) is 9.97 Å². The van der Waals surface area contributed by atoms with Crippen LogP contribution >= 0.6 is 0 Å². The van der Waals surface area contributed by atoms with Gasteiger partial charge in [-0.1, -0.05) is 6.07 Å². The molecule has 31 heavy (non-hydrogen) atoms. The molecule has 2 aromatic heterocycles. The van der Waals surface area contributed by atoms with Crippen molar-refractivity contribution in [2.24, 2.45) is 0 Å². The Balaban J connectivity index is 1.76. The fourth-order valence-corrected chi connectivity index (χ4v) is 3.14. The van der Waals surface area contributed by atoms with Crippen LogP contribution in [-0.2, 0) is 11.2 Å². The van der Waals surface area contributed by atoms with Crippen molar-refractivity contribution in [1.29, 1.82) is 0 Å². The Bertz CT molecular complexity index is 1300. The second-order valence-electron chi connectivity index (χ2n) is 6.92. The quantitative estimate of drug-likeness (QED) is 0.283. The molecule has 0 aliphatic carbocycles. The molecule has 4 N–H and O–H groups in total. The lowest BCUT2D eigenvalue weighted by Gasteiger charge is -2.12. The van der Waals surface area contributed by atoms with Crippen LogP contribution in [0.1, 0.15) is 24.0 Å². The third kappa shape index (κ3) is 4.22. The number of halogens is 1. The van der Waals surface area contributed by atoms with Gasteiger partial charge in [0.2, 0.25) is 5.82 Å². The van der Waals surface area contributed by atoms with Crippen LogP contribution in [-0.4, -0.2) is 36.3 Å². The maximum Gasteiger partial charge on any atom is 0.308 e. The fraction of sp³-hybridized carbons (Fsp3) is 0.143. The molecule has 2 aromatic carbocycles. The smallest absolute Gasteiger partial charge is 0.308 e. The number of ether oxygens (including phenoxy) is 1. The minimum absolute atomic E-state index is 0.00428. The standard InChI is InChI=1S/C21H18FN5O4/c1-10-6-18(27-26-10)25-21-19-13(4-3-5-14(19)29)23-17(24-21)9-12-7-15(30)20(22)16(8-12)31-11(2)28/h3-8,29-30H,9H2,1-2H3,(H2,23,24,25,26,27). The molecule has 0 radical (unpaired) electrons. The summed E-state index contributed by atoms with van der Waals surface area (Å²) in [6.45, 7) is 2.98. The van der Waals surface area contributed by atoms with E-state index in [9.17, 15) is 19.4 Å². The maximum atomic E-state index is 14.0. The van der Waals surface area contributed by atoms with Crippen molar-refractivity contribution in [3.05, 3.63) is 59.3 Å². The van der Waals surface area contributed by atoms with E-state index in [4.69, 9.17) is 4.74 Å². The number of carbonyl (C=O) groups is 1. The number of nitrogens with one attached hydrogen (secondary N) is 2. The zero-order valence-corrected chi connectivity index (χ0v) is 16.6. The number of rotatable bonds is 5. The lowest BCUT2D eigenvalue weighted by Crippen LogP contribution is -2.06. The molecule has 2 heterocycles. The third-order valence-electron chi connectivity index (χ3n) is 4.40. The second-order valence-corrected chi connectivity index (χ2v) is 6.92. The number of aromatic hydroxyl groups is 2. The van der Waals surface area contributed by atoms with Gasteiger partial charge < -0.3 is 20.3 Å². The summed E-state index contributed by atoms with van der Waals surface area (Å²) in [5.74, 6) is -1.63. The molecule has 0 spiro atoms. The molecule has 0 aliphatic heterocycles. The van der Waals surface area contributed by atoms with Crippen molar-refractivity contribution in [2.45, 2.75) is 20.3 Å². The molecule has 4 rings (SSSR count). The number of aromatic nitrogens is 4. The molecule has 10 heteroatoms. The first kappa shape index (κ1) is 20.1. The SMILES string of the molecule is CC(=O)Oc1cc(Cc2nc(Nc3cc(C)[nH]n3)c3c(O)cccc3n2)cc(O)c1F. The van der Waals surface area contributed by atoms with Gasteiger partial charge in [0.15, 0.2) is 17.3 Å². The van der Waals surface area contributed by atoms with E-state index in [0.29, 0.717) is 33.9 Å². The summed E-state index contributed by atoms with van der Waals surface area (Å²) in [7, 11) is 0. The average Bonchev–Trinajstić information content (AvgIpc) is 3.10. The molecule has 0 saturated carbocycles. The number of carbonyl (C=O) groups excluding carboxylic acids is 1. The molecule has 0 atom stereocenters. The number of aryl methyl sites for hydroxylation is 1. The number of anilines is 2. The predicted molar refractivity (Wildman–Crippen MR) is 110 cm³/mol. The summed E-state index contributed by atoms with van der Waals surface area (Å²) in [4.78, 5) is 20.2. The maximum absolute atomic E-state index is 14.0. The molecule has 0 amide bonds. The van der Waals surface area contributed by atoms with E-state index in [-0.39, 0.29) is 17.9 Å². The number of aromatic amines is 1. The number of H-pyrrole nitrogens is 1. The minimum atomic E-state index is -1.03. The Morgan fingerprint density at radius 2 is 2.00 bits per heavy atom. The summed E-state index contributed by atoms with van der Waals surface area (Å²) in [6.07, 6.45) is 0.0992. The number of benzene rings is 2. The van der Waals surface area contributed by atoms with Crippen molar-refractivity contribution in [3.63, 3.8) is 0 Å². The van der Waals surface area contributed by atoms with E-state index in [1.165, 1.54) is 18.2 Å². The molecule has 0 saturated heterocycles. The number of hydrogen-bond acceptors (Lipinski definition) is 8. The van der Waals surface area contributed by atoms with Crippen LogP contribution in [0.25, 0.3) is 10.9 Å². The first-order valence-corrected chi connectivity index (χ1v) is 9.27. The van der Waals surface area contributed by atoms with Gasteiger partial charge in [-0.15, -0.1) is 0 Å². The zero-order valence-electron chi connectivity index (χ0n) is 16.6. The molecule has 4 aromatic rings. The van der Waals surface area contributed by atoms with E-state index < -0.39 is 17.5 Å². The van der Waals surface area contributed by atoms with Crippen molar-refractivity contribution < 1.29 is 24.1 Å². The molecular weight excluding hydrogens is 405 g/mol. The first-order valence-electron chi connectivity index (χ1n) is 9.27. The third-order valence-corrected chi connectivity index (χ3v) is 4.40. The highest BCUT2D eigenvalue weighted by Gasteiger charge is 2.17. The monoisotopic (exact) mass is 423 g/mol. The second kappa shape index (κ2) is 7.90. The van der Waals surface area contributed by atoms with Gasteiger partial charge in [0.1, 0.15) is 17.4 Å². The highest BCUT2D eigenvalue weighted by atomic mass is 19.1. The Morgan fingerprint density at radius 1 is 1.19 bits per heavy atom. The van der Waals surface area contributed by atoms with Crippen LogP contribution in [0.15, 0.2) is 36.4 Å². The van der Waals surface area contributed by atoms with Gasteiger partial charge in [0.25, 0.3) is 0 Å². The van der Waals surface area contributed by atoms with Crippen LogP contribution in [0.3, 0.4) is 0 Å². The lowest BCUT2D eigenvalue weighted by atomic mass is 10.1. The van der Waals surface area contributed by atoms with Crippen LogP contribution in [0, 0.1) is 12.7 Å². The Morgan fingerprint density at radius 3 is 2.71 bits per heavy atom. The van der Waals surface area contributed by atoms with Gasteiger partial charge in [-0.3, -0.25) is 9.89 Å². The van der Waals surface area contributed by atoms with E-state index in [1.807, 2.05) is 6.92 Å². The highest BCUT2D eigenvalue weighted by molar-refractivity contribution is 5.95. The van der Waals surface area contributed by atoms with Crippen molar-refractivity contribution in [1.82, 2.24) is 20.2 Å². The Kier molecular flexibility index (Phi) is 5.12. The summed E-state index contributed by atoms with van der Waals surface area (Å²) in [6, 6.07) is 9.18. The summed E-state index contributed by atoms with van der Waals surface area (Å²) >= 11 is 0. The van der Waals surface area contributed by atoms with Gasteiger partial charge in [0, 0.05) is 25.1 Å². The highest BCUT2D eigenvalue weighted by Crippen LogP contribution is 2.32. The van der Waals surface area contributed by atoms with Gasteiger partial charge in [-0.2, -0.15) is 9.49 Å². The molecule has 0 unspecified atom stereocenters. The fourth-order valence-electron chi connectivity index (χ4n) is 3.14. The minimum Gasteiger partial charge on any atom is -0.507 e. The number of fused-ring (bicyclic) bond motifs is 1. The van der Waals surface area contributed by atoms with Gasteiger partial charge >= 0.3 is 5.97 Å². The summed E-state index contributed by atoms with van der Waals surface area (Å²) in [5, 5.41) is 30.6. The van der Waals surface area contributed by atoms with E-state index >= 15 is 0 Å². The van der Waals surface area contributed by atoms with E-state index in [0.717, 1.165) is 12.6 Å². The number of esters is 1. The number of phenols is 2. The van der Waals surface area contributed by atoms with Crippen LogP contribution in [0.4, 0.5) is 16.0 Å². The first-order chi connectivity index (χ1) is 14.8. The van der Waals surface area contributed by atoms with Crippen molar-refractivity contribution in [3.8, 4) is 17.2 Å². The predicted octanol–water partition coefficient (Wildman–Crippen LogP) is 3.47. The zero-order chi connectivity index (χ0) is 22.1. The van der Waals surface area contributed by atoms with Crippen LogP contribution in [0.2, 0.25) is 0 Å². The largest absolute Gasteiger partial charge is 0.507 e. The van der Waals surface area contributed by atoms with Crippen molar-refractivity contribution >= 4 is 28.5 Å². The van der Waals surface area contributed by atoms with E-state index in [2.05, 4.69) is 25.5 Å². The molecular formula is C21H18FN5O4. The molecule has 158 valence electrons. The summed E-state index contributed by atoms with van der Waals surface area (Å²) < 4.78 is 18.9. The Hall–Kier alpha value is -4.21. The normalized spacial score (nSPS) is 10.9. The molecule has 9 nitrogen and oxygen atoms in total. The lowest BCUT2D eigenvalue weighted by molar-refractivity contribution is -0.132. The van der Waals surface area contributed by atoms with E-state index in [1.54, 1.807) is 18.2 Å². The topological polar surface area (TPSA) is 133 Å². The Labute approximate surface area is 175 Å². The van der Waals surface area contributed by atoms with Crippen molar-refractivity contribution in [2.75, 3.05) is 5.32 Å².